The Hall–Kier alpha value is -1.67. The minimum atomic E-state index is -3.78. The maximum absolute atomic E-state index is 12.4. The van der Waals surface area contributed by atoms with Gasteiger partial charge in [-0.2, -0.15) is 4.31 Å². The molecule has 0 aliphatic heterocycles. The van der Waals surface area contributed by atoms with E-state index in [-0.39, 0.29) is 11.4 Å². The van der Waals surface area contributed by atoms with E-state index in [4.69, 9.17) is 0 Å². The molecule has 0 fully saturated rings. The van der Waals surface area contributed by atoms with Gasteiger partial charge in [0.05, 0.1) is 9.82 Å². The van der Waals surface area contributed by atoms with Gasteiger partial charge in [-0.05, 0) is 18.6 Å². The third-order valence-corrected chi connectivity index (χ3v) is 4.87. The highest BCUT2D eigenvalue weighted by molar-refractivity contribution is 7.89. The molecule has 8 heteroatoms. The highest BCUT2D eigenvalue weighted by atomic mass is 32.2. The fourth-order valence-corrected chi connectivity index (χ4v) is 3.25. The largest absolute Gasteiger partial charge is 0.502 e. The lowest BCUT2D eigenvalue weighted by Gasteiger charge is -2.20. The van der Waals surface area contributed by atoms with E-state index in [2.05, 4.69) is 0 Å². The summed E-state index contributed by atoms with van der Waals surface area (Å²) in [5.74, 6) is -0.550. The average Bonchev–Trinajstić information content (AvgIpc) is 2.39. The first kappa shape index (κ1) is 16.4. The summed E-state index contributed by atoms with van der Waals surface area (Å²) in [4.78, 5) is 9.76. The van der Waals surface area contributed by atoms with Gasteiger partial charge in [-0.25, -0.2) is 8.42 Å². The SMILES string of the molecule is CCCCN(CC)S(=O)(=O)c1ccc(O)c([N+](=O)[O-])c1. The van der Waals surface area contributed by atoms with Crippen molar-refractivity contribution in [2.24, 2.45) is 0 Å². The molecule has 0 heterocycles. The number of aromatic hydroxyl groups is 1. The number of nitro groups is 1. The number of nitro benzene ring substituents is 1. The van der Waals surface area contributed by atoms with E-state index >= 15 is 0 Å². The molecule has 0 aromatic heterocycles. The highest BCUT2D eigenvalue weighted by Crippen LogP contribution is 2.29. The Labute approximate surface area is 118 Å². The van der Waals surface area contributed by atoms with Crippen molar-refractivity contribution in [1.29, 1.82) is 0 Å². The lowest BCUT2D eigenvalue weighted by atomic mass is 10.3. The van der Waals surface area contributed by atoms with E-state index in [1.165, 1.54) is 10.4 Å². The van der Waals surface area contributed by atoms with Crippen LogP contribution in [0.2, 0.25) is 0 Å². The van der Waals surface area contributed by atoms with Gasteiger partial charge in [0.15, 0.2) is 5.75 Å². The van der Waals surface area contributed by atoms with Gasteiger partial charge in [-0.15, -0.1) is 0 Å². The molecular weight excluding hydrogens is 284 g/mol. The fourth-order valence-electron chi connectivity index (χ4n) is 1.74. The fraction of sp³-hybridized carbons (Fsp3) is 0.500. The van der Waals surface area contributed by atoms with E-state index in [9.17, 15) is 23.6 Å². The van der Waals surface area contributed by atoms with Crippen LogP contribution in [-0.2, 0) is 10.0 Å². The van der Waals surface area contributed by atoms with Gasteiger partial charge in [-0.1, -0.05) is 20.3 Å². The minimum Gasteiger partial charge on any atom is -0.502 e. The van der Waals surface area contributed by atoms with E-state index < -0.39 is 26.4 Å². The van der Waals surface area contributed by atoms with Gasteiger partial charge < -0.3 is 5.11 Å². The van der Waals surface area contributed by atoms with E-state index in [0.717, 1.165) is 18.6 Å². The second-order valence-electron chi connectivity index (χ2n) is 4.26. The van der Waals surface area contributed by atoms with Gasteiger partial charge in [0.25, 0.3) is 0 Å². The Morgan fingerprint density at radius 1 is 1.35 bits per heavy atom. The smallest absolute Gasteiger partial charge is 0.312 e. The summed E-state index contributed by atoms with van der Waals surface area (Å²) in [6, 6.07) is 3.09. The van der Waals surface area contributed by atoms with Crippen LogP contribution in [-0.4, -0.2) is 35.8 Å². The topological polar surface area (TPSA) is 101 Å². The van der Waals surface area contributed by atoms with Gasteiger partial charge >= 0.3 is 5.69 Å². The molecular formula is C12H18N2O5S. The van der Waals surface area contributed by atoms with Gasteiger partial charge in [0.1, 0.15) is 0 Å². The summed E-state index contributed by atoms with van der Waals surface area (Å²) >= 11 is 0. The predicted molar refractivity (Wildman–Crippen MR) is 74.1 cm³/mol. The Bertz CT molecular complexity index is 586. The second-order valence-corrected chi connectivity index (χ2v) is 6.20. The van der Waals surface area contributed by atoms with Gasteiger partial charge in [0.2, 0.25) is 10.0 Å². The standard InChI is InChI=1S/C12H18N2O5S/c1-3-5-8-13(4-2)20(18,19)10-6-7-12(15)11(9-10)14(16)17/h6-7,9,15H,3-5,8H2,1-2H3. The first-order valence-corrected chi connectivity index (χ1v) is 7.76. The summed E-state index contributed by atoms with van der Waals surface area (Å²) in [5, 5.41) is 20.1. The van der Waals surface area contributed by atoms with E-state index in [1.54, 1.807) is 6.92 Å². The van der Waals surface area contributed by atoms with E-state index in [0.29, 0.717) is 13.0 Å². The molecule has 0 amide bonds. The summed E-state index contributed by atoms with van der Waals surface area (Å²) < 4.78 is 26.0. The van der Waals surface area contributed by atoms with Crippen molar-refractivity contribution in [1.82, 2.24) is 4.31 Å². The lowest BCUT2D eigenvalue weighted by Crippen LogP contribution is -2.31. The van der Waals surface area contributed by atoms with Crippen LogP contribution in [0.4, 0.5) is 5.69 Å². The number of nitrogens with zero attached hydrogens (tertiary/aromatic N) is 2. The molecule has 0 aliphatic rings. The Morgan fingerprint density at radius 2 is 2.00 bits per heavy atom. The Balaban J connectivity index is 3.20. The number of unbranched alkanes of at least 4 members (excludes halogenated alkanes) is 1. The number of hydrogen-bond acceptors (Lipinski definition) is 5. The predicted octanol–water partition coefficient (Wildman–Crippen LogP) is 2.11. The van der Waals surface area contributed by atoms with Crippen molar-refractivity contribution in [3.8, 4) is 5.75 Å². The van der Waals surface area contributed by atoms with E-state index in [1.807, 2.05) is 6.92 Å². The number of sulfonamides is 1. The van der Waals surface area contributed by atoms with Crippen molar-refractivity contribution in [2.45, 2.75) is 31.6 Å². The van der Waals surface area contributed by atoms with Crippen LogP contribution in [0.15, 0.2) is 23.1 Å². The molecule has 20 heavy (non-hydrogen) atoms. The van der Waals surface area contributed by atoms with Crippen LogP contribution in [0.1, 0.15) is 26.7 Å². The minimum absolute atomic E-state index is 0.181. The molecule has 1 aromatic carbocycles. The van der Waals surface area contributed by atoms with Crippen molar-refractivity contribution in [2.75, 3.05) is 13.1 Å². The first-order valence-electron chi connectivity index (χ1n) is 6.32. The van der Waals surface area contributed by atoms with Gasteiger partial charge in [0, 0.05) is 19.2 Å². The molecule has 0 spiro atoms. The molecule has 0 unspecified atom stereocenters. The van der Waals surface area contributed by atoms with Crippen molar-refractivity contribution in [3.63, 3.8) is 0 Å². The van der Waals surface area contributed by atoms with Crippen molar-refractivity contribution in [3.05, 3.63) is 28.3 Å². The van der Waals surface area contributed by atoms with Crippen LogP contribution in [0, 0.1) is 10.1 Å². The summed E-state index contributed by atoms with van der Waals surface area (Å²) in [6.45, 7) is 4.31. The first-order chi connectivity index (χ1) is 9.34. The summed E-state index contributed by atoms with van der Waals surface area (Å²) in [6.07, 6.45) is 1.56. The zero-order chi connectivity index (χ0) is 15.3. The average molecular weight is 302 g/mol. The monoisotopic (exact) mass is 302 g/mol. The molecule has 1 aromatic rings. The number of phenols is 1. The second kappa shape index (κ2) is 6.67. The van der Waals surface area contributed by atoms with Crippen LogP contribution in [0.25, 0.3) is 0 Å². The molecule has 0 aliphatic carbocycles. The van der Waals surface area contributed by atoms with Crippen LogP contribution >= 0.6 is 0 Å². The number of rotatable bonds is 7. The molecule has 0 saturated heterocycles. The third-order valence-electron chi connectivity index (χ3n) is 2.90. The summed E-state index contributed by atoms with van der Waals surface area (Å²) in [7, 11) is -3.78. The molecule has 0 atom stereocenters. The molecule has 0 saturated carbocycles. The molecule has 0 bridgehead atoms. The molecule has 7 nitrogen and oxygen atoms in total. The maximum Gasteiger partial charge on any atom is 0.312 e. The van der Waals surface area contributed by atoms with Crippen LogP contribution < -0.4 is 0 Å². The summed E-state index contributed by atoms with van der Waals surface area (Å²) in [5.41, 5.74) is -0.613. The molecule has 1 N–H and O–H groups in total. The number of phenolic OH excluding ortho intramolecular Hbond substituents is 1. The van der Waals surface area contributed by atoms with Crippen molar-refractivity contribution >= 4 is 15.7 Å². The zero-order valence-corrected chi connectivity index (χ0v) is 12.3. The van der Waals surface area contributed by atoms with Gasteiger partial charge in [-0.3, -0.25) is 10.1 Å². The van der Waals surface area contributed by atoms with Crippen LogP contribution in [0.5, 0.6) is 5.75 Å². The number of benzene rings is 1. The quantitative estimate of drug-likeness (QED) is 0.614. The molecule has 0 radical (unpaired) electrons. The normalized spacial score (nSPS) is 11.8. The van der Waals surface area contributed by atoms with Crippen LogP contribution in [0.3, 0.4) is 0 Å². The lowest BCUT2D eigenvalue weighted by molar-refractivity contribution is -0.386. The maximum atomic E-state index is 12.4. The third kappa shape index (κ3) is 3.45. The molecule has 112 valence electrons. The molecule has 1 rings (SSSR count). The highest BCUT2D eigenvalue weighted by Gasteiger charge is 2.26. The van der Waals surface area contributed by atoms with Crippen molar-refractivity contribution < 1.29 is 18.4 Å². The Kier molecular flexibility index (Phi) is 5.46. The Morgan fingerprint density at radius 3 is 2.50 bits per heavy atom. The number of hydrogen-bond donors (Lipinski definition) is 1. The zero-order valence-electron chi connectivity index (χ0n) is 11.4.